The zero-order valence-electron chi connectivity index (χ0n) is 11.1. The average molecular weight is 267 g/mol. The fraction of sp³-hybridized carbons (Fsp3) is 0.357. The molecular weight excluding hydrogens is 249 g/mol. The van der Waals surface area contributed by atoms with Crippen LogP contribution in [0.1, 0.15) is 20.3 Å². The van der Waals surface area contributed by atoms with E-state index in [0.717, 1.165) is 0 Å². The normalized spacial score (nSPS) is 11.2. The summed E-state index contributed by atoms with van der Waals surface area (Å²) in [4.78, 5) is 10.8. The van der Waals surface area contributed by atoms with E-state index in [1.165, 1.54) is 6.07 Å². The number of nitrogens with one attached hydrogen (secondary N) is 1. The van der Waals surface area contributed by atoms with Crippen LogP contribution in [0.15, 0.2) is 29.8 Å². The number of carboxylic acids is 1. The first-order valence-corrected chi connectivity index (χ1v) is 6.17. The van der Waals surface area contributed by atoms with Crippen LogP contribution in [-0.2, 0) is 4.79 Å². The van der Waals surface area contributed by atoms with E-state index in [1.807, 2.05) is 0 Å². The van der Waals surface area contributed by atoms with Crippen LogP contribution in [0, 0.1) is 5.82 Å². The molecular formula is C14H18FNO3. The van der Waals surface area contributed by atoms with Gasteiger partial charge in [0.15, 0.2) is 11.6 Å². The molecule has 1 aromatic carbocycles. The van der Waals surface area contributed by atoms with Gasteiger partial charge < -0.3 is 15.2 Å². The molecule has 4 nitrogen and oxygen atoms in total. The number of benzene rings is 1. The predicted octanol–water partition coefficient (Wildman–Crippen LogP) is 3.06. The molecule has 0 saturated carbocycles. The van der Waals surface area contributed by atoms with Crippen LogP contribution < -0.4 is 10.1 Å². The second-order valence-corrected chi connectivity index (χ2v) is 3.85. The second-order valence-electron chi connectivity index (χ2n) is 3.85. The van der Waals surface area contributed by atoms with Gasteiger partial charge in [0.05, 0.1) is 6.61 Å². The van der Waals surface area contributed by atoms with E-state index in [9.17, 15) is 9.18 Å². The van der Waals surface area contributed by atoms with Gasteiger partial charge in [0, 0.05) is 23.9 Å². The molecule has 0 radical (unpaired) electrons. The SMILES string of the molecule is CCOc1ccc(NC/C=C(/CC)C(=O)O)cc1F. The highest BCUT2D eigenvalue weighted by Gasteiger charge is 2.05. The standard InChI is InChI=1S/C14H18FNO3/c1-3-10(14(17)18)7-8-16-11-5-6-13(19-4-2)12(15)9-11/h5-7,9,16H,3-4,8H2,1-2H3,(H,17,18)/b10-7-. The number of carboxylic acid groups (broad SMARTS) is 1. The van der Waals surface area contributed by atoms with Gasteiger partial charge in [-0.05, 0) is 25.5 Å². The number of hydrogen-bond donors (Lipinski definition) is 2. The summed E-state index contributed by atoms with van der Waals surface area (Å²) in [5.74, 6) is -1.16. The molecule has 0 fully saturated rings. The zero-order chi connectivity index (χ0) is 14.3. The fourth-order valence-electron chi connectivity index (χ4n) is 1.56. The molecule has 2 N–H and O–H groups in total. The summed E-state index contributed by atoms with van der Waals surface area (Å²) in [6.07, 6.45) is 2.03. The largest absolute Gasteiger partial charge is 0.491 e. The Morgan fingerprint density at radius 1 is 1.47 bits per heavy atom. The first-order chi connectivity index (χ1) is 9.08. The van der Waals surface area contributed by atoms with Gasteiger partial charge in [-0.25, -0.2) is 9.18 Å². The van der Waals surface area contributed by atoms with Crippen molar-refractivity contribution in [1.82, 2.24) is 0 Å². The first-order valence-electron chi connectivity index (χ1n) is 6.17. The van der Waals surface area contributed by atoms with Crippen LogP contribution in [0.3, 0.4) is 0 Å². The third-order valence-electron chi connectivity index (χ3n) is 2.54. The number of carbonyl (C=O) groups is 1. The van der Waals surface area contributed by atoms with Crippen LogP contribution in [0.25, 0.3) is 0 Å². The van der Waals surface area contributed by atoms with Gasteiger partial charge in [-0.2, -0.15) is 0 Å². The van der Waals surface area contributed by atoms with Crippen LogP contribution in [0.5, 0.6) is 5.75 Å². The lowest BCUT2D eigenvalue weighted by Gasteiger charge is -2.08. The Labute approximate surface area is 111 Å². The summed E-state index contributed by atoms with van der Waals surface area (Å²) in [5, 5.41) is 11.8. The van der Waals surface area contributed by atoms with E-state index < -0.39 is 11.8 Å². The lowest BCUT2D eigenvalue weighted by Crippen LogP contribution is -2.05. The molecule has 0 aliphatic heterocycles. The summed E-state index contributed by atoms with van der Waals surface area (Å²) in [6, 6.07) is 4.56. The van der Waals surface area contributed by atoms with E-state index in [0.29, 0.717) is 30.8 Å². The van der Waals surface area contributed by atoms with Gasteiger partial charge in [-0.1, -0.05) is 13.0 Å². The van der Waals surface area contributed by atoms with Crippen LogP contribution in [0.2, 0.25) is 0 Å². The molecule has 0 atom stereocenters. The Hall–Kier alpha value is -2.04. The minimum absolute atomic E-state index is 0.211. The van der Waals surface area contributed by atoms with Gasteiger partial charge in [-0.15, -0.1) is 0 Å². The maximum atomic E-state index is 13.5. The van der Waals surface area contributed by atoms with Crippen molar-refractivity contribution >= 4 is 11.7 Å². The molecule has 0 spiro atoms. The number of ether oxygens (including phenoxy) is 1. The lowest BCUT2D eigenvalue weighted by atomic mass is 10.2. The molecule has 1 rings (SSSR count). The smallest absolute Gasteiger partial charge is 0.331 e. The summed E-state index contributed by atoms with van der Waals surface area (Å²) in [7, 11) is 0. The third-order valence-corrected chi connectivity index (χ3v) is 2.54. The van der Waals surface area contributed by atoms with Crippen LogP contribution >= 0.6 is 0 Å². The molecule has 0 aromatic heterocycles. The monoisotopic (exact) mass is 267 g/mol. The molecule has 0 saturated heterocycles. The van der Waals surface area contributed by atoms with Crippen molar-refractivity contribution in [2.75, 3.05) is 18.5 Å². The highest BCUT2D eigenvalue weighted by atomic mass is 19.1. The molecule has 0 bridgehead atoms. The maximum absolute atomic E-state index is 13.5. The van der Waals surface area contributed by atoms with Crippen molar-refractivity contribution < 1.29 is 19.0 Å². The Morgan fingerprint density at radius 3 is 2.74 bits per heavy atom. The molecule has 19 heavy (non-hydrogen) atoms. The highest BCUT2D eigenvalue weighted by Crippen LogP contribution is 2.21. The average Bonchev–Trinajstić information content (AvgIpc) is 2.37. The van der Waals surface area contributed by atoms with Crippen molar-refractivity contribution in [3.8, 4) is 5.75 Å². The Bertz CT molecular complexity index is 472. The third kappa shape index (κ3) is 4.62. The predicted molar refractivity (Wildman–Crippen MR) is 72.1 cm³/mol. The van der Waals surface area contributed by atoms with Crippen LogP contribution in [0.4, 0.5) is 10.1 Å². The van der Waals surface area contributed by atoms with Crippen LogP contribution in [-0.4, -0.2) is 24.2 Å². The van der Waals surface area contributed by atoms with Crippen molar-refractivity contribution in [3.05, 3.63) is 35.7 Å². The van der Waals surface area contributed by atoms with Gasteiger partial charge in [0.2, 0.25) is 0 Å². The van der Waals surface area contributed by atoms with Gasteiger partial charge in [0.1, 0.15) is 0 Å². The summed E-state index contributed by atoms with van der Waals surface area (Å²) in [6.45, 7) is 4.30. The Kier molecular flexibility index (Phi) is 5.85. The zero-order valence-corrected chi connectivity index (χ0v) is 11.1. The van der Waals surface area contributed by atoms with Gasteiger partial charge in [0.25, 0.3) is 0 Å². The van der Waals surface area contributed by atoms with Crippen molar-refractivity contribution in [3.63, 3.8) is 0 Å². The Balaban J connectivity index is 2.63. The van der Waals surface area contributed by atoms with E-state index in [2.05, 4.69) is 5.32 Å². The number of anilines is 1. The second kappa shape index (κ2) is 7.41. The molecule has 0 heterocycles. The topological polar surface area (TPSA) is 58.6 Å². The van der Waals surface area contributed by atoms with E-state index in [-0.39, 0.29) is 5.75 Å². The minimum Gasteiger partial charge on any atom is -0.491 e. The first kappa shape index (κ1) is 15.0. The quantitative estimate of drug-likeness (QED) is 0.745. The molecule has 0 amide bonds. The van der Waals surface area contributed by atoms with Gasteiger partial charge >= 0.3 is 5.97 Å². The number of hydrogen-bond acceptors (Lipinski definition) is 3. The maximum Gasteiger partial charge on any atom is 0.331 e. The molecule has 0 aliphatic rings. The number of halogens is 1. The van der Waals surface area contributed by atoms with Crippen molar-refractivity contribution in [2.24, 2.45) is 0 Å². The summed E-state index contributed by atoms with van der Waals surface area (Å²) in [5.41, 5.74) is 0.914. The minimum atomic E-state index is -0.929. The molecule has 1 aromatic rings. The fourth-order valence-corrected chi connectivity index (χ4v) is 1.56. The molecule has 104 valence electrons. The molecule has 5 heteroatoms. The Morgan fingerprint density at radius 2 is 2.21 bits per heavy atom. The van der Waals surface area contributed by atoms with E-state index >= 15 is 0 Å². The summed E-state index contributed by atoms with van der Waals surface area (Å²) < 4.78 is 18.6. The van der Waals surface area contributed by atoms with Gasteiger partial charge in [-0.3, -0.25) is 0 Å². The van der Waals surface area contributed by atoms with Crippen molar-refractivity contribution in [2.45, 2.75) is 20.3 Å². The van der Waals surface area contributed by atoms with Crippen molar-refractivity contribution in [1.29, 1.82) is 0 Å². The van der Waals surface area contributed by atoms with E-state index in [4.69, 9.17) is 9.84 Å². The number of rotatable bonds is 7. The van der Waals surface area contributed by atoms with E-state index in [1.54, 1.807) is 32.1 Å². The highest BCUT2D eigenvalue weighted by molar-refractivity contribution is 5.86. The summed E-state index contributed by atoms with van der Waals surface area (Å²) >= 11 is 0. The molecule has 0 aliphatic carbocycles. The lowest BCUT2D eigenvalue weighted by molar-refractivity contribution is -0.132. The molecule has 0 unspecified atom stereocenters. The number of aliphatic carboxylic acids is 1.